The number of aromatic nitrogens is 1. The summed E-state index contributed by atoms with van der Waals surface area (Å²) in [7, 11) is 0. The summed E-state index contributed by atoms with van der Waals surface area (Å²) in [6, 6.07) is 1.77. The Morgan fingerprint density at radius 3 is 3.00 bits per heavy atom. The zero-order valence-electron chi connectivity index (χ0n) is 11.1. The van der Waals surface area contributed by atoms with Crippen molar-refractivity contribution in [3.63, 3.8) is 0 Å². The highest BCUT2D eigenvalue weighted by Crippen LogP contribution is 2.29. The van der Waals surface area contributed by atoms with E-state index < -0.39 is 0 Å². The maximum absolute atomic E-state index is 12.6. The van der Waals surface area contributed by atoms with Gasteiger partial charge in [0.2, 0.25) is 0 Å². The van der Waals surface area contributed by atoms with Crippen LogP contribution in [0.5, 0.6) is 0 Å². The lowest BCUT2D eigenvalue weighted by atomic mass is 9.90. The average Bonchev–Trinajstić information content (AvgIpc) is 2.49. The van der Waals surface area contributed by atoms with Crippen LogP contribution < -0.4 is 5.56 Å². The number of halogens is 1. The van der Waals surface area contributed by atoms with Crippen molar-refractivity contribution in [2.45, 2.75) is 37.8 Å². The highest BCUT2D eigenvalue weighted by atomic mass is 79.9. The molecule has 2 heterocycles. The van der Waals surface area contributed by atoms with Gasteiger partial charge in [-0.2, -0.15) is 0 Å². The summed E-state index contributed by atoms with van der Waals surface area (Å²) in [6.45, 7) is 1.22. The van der Waals surface area contributed by atoms with Gasteiger partial charge in [-0.3, -0.25) is 9.59 Å². The molecule has 1 aromatic rings. The number of hydrogen-bond acceptors (Lipinski definition) is 3. The first-order valence-corrected chi connectivity index (χ1v) is 7.77. The predicted molar refractivity (Wildman–Crippen MR) is 77.8 cm³/mol. The maximum atomic E-state index is 12.6. The Kier molecular flexibility index (Phi) is 3.94. The van der Waals surface area contributed by atoms with Crippen LogP contribution in [0.4, 0.5) is 0 Å². The van der Waals surface area contributed by atoms with E-state index >= 15 is 0 Å². The number of morpholine rings is 1. The number of aromatic amines is 1. The van der Waals surface area contributed by atoms with E-state index in [1.165, 1.54) is 12.6 Å². The highest BCUT2D eigenvalue weighted by molar-refractivity contribution is 9.10. The average molecular weight is 341 g/mol. The highest BCUT2D eigenvalue weighted by Gasteiger charge is 2.37. The first-order chi connectivity index (χ1) is 9.66. The molecule has 2 fully saturated rings. The van der Waals surface area contributed by atoms with Gasteiger partial charge in [0.1, 0.15) is 0 Å². The van der Waals surface area contributed by atoms with Crippen molar-refractivity contribution in [1.82, 2.24) is 9.88 Å². The number of fused-ring (bicyclic) bond motifs is 1. The minimum atomic E-state index is -0.223. The number of ether oxygens (including phenoxy) is 1. The second kappa shape index (κ2) is 5.69. The zero-order valence-corrected chi connectivity index (χ0v) is 12.7. The Labute approximate surface area is 125 Å². The molecule has 1 saturated heterocycles. The van der Waals surface area contributed by atoms with E-state index in [0.717, 1.165) is 19.3 Å². The molecule has 0 radical (unpaired) electrons. The summed E-state index contributed by atoms with van der Waals surface area (Å²) < 4.78 is 6.17. The lowest BCUT2D eigenvalue weighted by molar-refractivity contribution is -0.0752. The van der Waals surface area contributed by atoms with E-state index in [2.05, 4.69) is 20.9 Å². The van der Waals surface area contributed by atoms with E-state index in [1.807, 2.05) is 4.90 Å². The van der Waals surface area contributed by atoms with Crippen LogP contribution in [0.2, 0.25) is 0 Å². The first kappa shape index (κ1) is 13.8. The number of carbonyl (C=O) groups is 1. The molecular formula is C14H17BrN2O3. The molecule has 0 spiro atoms. The molecule has 1 amide bonds. The normalized spacial score (nSPS) is 26.1. The lowest BCUT2D eigenvalue weighted by Gasteiger charge is -2.43. The van der Waals surface area contributed by atoms with Gasteiger partial charge in [-0.1, -0.05) is 12.8 Å². The second-order valence-electron chi connectivity index (χ2n) is 5.33. The molecule has 1 N–H and O–H groups in total. The Morgan fingerprint density at radius 2 is 2.20 bits per heavy atom. The SMILES string of the molecule is O=C(c1c[nH]c(=O)c(Br)c1)N1CCO[C@@H]2CCCC[C@@H]21. The van der Waals surface area contributed by atoms with Gasteiger partial charge in [0.05, 0.1) is 28.8 Å². The van der Waals surface area contributed by atoms with Crippen molar-refractivity contribution in [2.24, 2.45) is 0 Å². The predicted octanol–water partition coefficient (Wildman–Crippen LogP) is 1.92. The van der Waals surface area contributed by atoms with Gasteiger partial charge in [-0.25, -0.2) is 0 Å². The molecule has 108 valence electrons. The molecule has 0 bridgehead atoms. The summed E-state index contributed by atoms with van der Waals surface area (Å²) in [4.78, 5) is 28.5. The minimum Gasteiger partial charge on any atom is -0.374 e. The van der Waals surface area contributed by atoms with Gasteiger partial charge in [-0.05, 0) is 34.8 Å². The van der Waals surface area contributed by atoms with E-state index in [4.69, 9.17) is 4.74 Å². The first-order valence-electron chi connectivity index (χ1n) is 6.97. The van der Waals surface area contributed by atoms with Gasteiger partial charge in [0, 0.05) is 12.7 Å². The Bertz CT molecular complexity index is 570. The molecule has 1 saturated carbocycles. The maximum Gasteiger partial charge on any atom is 0.262 e. The number of carbonyl (C=O) groups excluding carboxylic acids is 1. The van der Waals surface area contributed by atoms with E-state index in [9.17, 15) is 9.59 Å². The molecule has 20 heavy (non-hydrogen) atoms. The Balaban J connectivity index is 1.84. The number of nitrogens with one attached hydrogen (secondary N) is 1. The quantitative estimate of drug-likeness (QED) is 0.849. The summed E-state index contributed by atoms with van der Waals surface area (Å²) in [5.74, 6) is -0.0258. The molecule has 1 aromatic heterocycles. The number of nitrogens with zero attached hydrogens (tertiary/aromatic N) is 1. The van der Waals surface area contributed by atoms with Crippen LogP contribution in [0.1, 0.15) is 36.0 Å². The number of hydrogen-bond donors (Lipinski definition) is 1. The standard InChI is InChI=1S/C14H17BrN2O3/c15-10-7-9(8-16-13(10)18)14(19)17-5-6-20-12-4-2-1-3-11(12)17/h7-8,11-12H,1-6H2,(H,16,18)/t11-,12+/m0/s1. The summed E-state index contributed by atoms with van der Waals surface area (Å²) in [5, 5.41) is 0. The minimum absolute atomic E-state index is 0.0258. The van der Waals surface area contributed by atoms with Crippen molar-refractivity contribution in [1.29, 1.82) is 0 Å². The lowest BCUT2D eigenvalue weighted by Crippen LogP contribution is -2.54. The molecule has 1 aliphatic heterocycles. The Morgan fingerprint density at radius 1 is 1.40 bits per heavy atom. The molecule has 0 aromatic carbocycles. The fraction of sp³-hybridized carbons (Fsp3) is 0.571. The Hall–Kier alpha value is -1.14. The number of amides is 1. The van der Waals surface area contributed by atoms with Crippen molar-refractivity contribution < 1.29 is 9.53 Å². The van der Waals surface area contributed by atoms with Crippen LogP contribution in [0, 0.1) is 0 Å². The largest absolute Gasteiger partial charge is 0.374 e. The van der Waals surface area contributed by atoms with Crippen LogP contribution >= 0.6 is 15.9 Å². The van der Waals surface area contributed by atoms with E-state index in [-0.39, 0.29) is 23.6 Å². The van der Waals surface area contributed by atoms with Gasteiger partial charge < -0.3 is 14.6 Å². The fourth-order valence-corrected chi connectivity index (χ4v) is 3.45. The molecule has 0 unspecified atom stereocenters. The molecule has 3 rings (SSSR count). The molecule has 5 nitrogen and oxygen atoms in total. The topological polar surface area (TPSA) is 62.4 Å². The van der Waals surface area contributed by atoms with Crippen molar-refractivity contribution in [3.8, 4) is 0 Å². The molecule has 6 heteroatoms. The smallest absolute Gasteiger partial charge is 0.262 e. The van der Waals surface area contributed by atoms with Crippen LogP contribution in [0.25, 0.3) is 0 Å². The van der Waals surface area contributed by atoms with E-state index in [1.54, 1.807) is 6.07 Å². The molecule has 2 aliphatic rings. The number of rotatable bonds is 1. The number of H-pyrrole nitrogens is 1. The van der Waals surface area contributed by atoms with Crippen molar-refractivity contribution in [3.05, 3.63) is 32.7 Å². The van der Waals surface area contributed by atoms with E-state index in [0.29, 0.717) is 23.2 Å². The monoisotopic (exact) mass is 340 g/mol. The summed E-state index contributed by atoms with van der Waals surface area (Å²) >= 11 is 3.17. The zero-order chi connectivity index (χ0) is 14.1. The third-order valence-corrected chi connectivity index (χ3v) is 4.69. The van der Waals surface area contributed by atoms with Crippen LogP contribution in [0.3, 0.4) is 0 Å². The van der Waals surface area contributed by atoms with Crippen LogP contribution in [-0.2, 0) is 4.74 Å². The number of pyridine rings is 1. The van der Waals surface area contributed by atoms with Crippen LogP contribution in [0.15, 0.2) is 21.5 Å². The van der Waals surface area contributed by atoms with Gasteiger partial charge in [0.25, 0.3) is 11.5 Å². The summed E-state index contributed by atoms with van der Waals surface area (Å²) in [5.41, 5.74) is 0.293. The summed E-state index contributed by atoms with van der Waals surface area (Å²) in [6.07, 6.45) is 6.01. The van der Waals surface area contributed by atoms with Crippen molar-refractivity contribution >= 4 is 21.8 Å². The third-order valence-electron chi connectivity index (χ3n) is 4.10. The van der Waals surface area contributed by atoms with Crippen LogP contribution in [-0.4, -0.2) is 41.1 Å². The van der Waals surface area contributed by atoms with Gasteiger partial charge in [-0.15, -0.1) is 0 Å². The third kappa shape index (κ3) is 2.54. The molecule has 1 aliphatic carbocycles. The van der Waals surface area contributed by atoms with Gasteiger partial charge in [0.15, 0.2) is 0 Å². The van der Waals surface area contributed by atoms with Gasteiger partial charge >= 0.3 is 0 Å². The molecular weight excluding hydrogens is 324 g/mol. The second-order valence-corrected chi connectivity index (χ2v) is 6.18. The fourth-order valence-electron chi connectivity index (χ4n) is 3.09. The molecule has 2 atom stereocenters. The van der Waals surface area contributed by atoms with Crippen molar-refractivity contribution in [2.75, 3.05) is 13.2 Å².